The van der Waals surface area contributed by atoms with Crippen LogP contribution in [0, 0.1) is 5.92 Å². The number of benzene rings is 2. The van der Waals surface area contributed by atoms with Gasteiger partial charge in [0.15, 0.2) is 5.82 Å². The van der Waals surface area contributed by atoms with Gasteiger partial charge in [-0.25, -0.2) is 4.98 Å². The summed E-state index contributed by atoms with van der Waals surface area (Å²) in [6.45, 7) is 0.606. The van der Waals surface area contributed by atoms with Gasteiger partial charge in [0.2, 0.25) is 0 Å². The molecule has 2 heterocycles. The van der Waals surface area contributed by atoms with E-state index in [-0.39, 0.29) is 5.56 Å². The van der Waals surface area contributed by atoms with Gasteiger partial charge in [-0.2, -0.15) is 9.50 Å². The van der Waals surface area contributed by atoms with E-state index in [9.17, 15) is 4.79 Å². The Kier molecular flexibility index (Phi) is 4.48. The van der Waals surface area contributed by atoms with Gasteiger partial charge >= 0.3 is 0 Å². The molecule has 29 heavy (non-hydrogen) atoms. The first kappa shape index (κ1) is 17.8. The quantitative estimate of drug-likeness (QED) is 0.550. The third-order valence-corrected chi connectivity index (χ3v) is 5.53. The van der Waals surface area contributed by atoms with Crippen LogP contribution in [-0.4, -0.2) is 31.5 Å². The average molecular weight is 385 g/mol. The fourth-order valence-electron chi connectivity index (χ4n) is 4.04. The van der Waals surface area contributed by atoms with Gasteiger partial charge in [-0.05, 0) is 31.4 Å². The summed E-state index contributed by atoms with van der Waals surface area (Å²) in [6, 6.07) is 22.3. The molecule has 6 nitrogen and oxygen atoms in total. The normalized spacial score (nSPS) is 15.1. The van der Waals surface area contributed by atoms with Crippen molar-refractivity contribution in [1.29, 1.82) is 0 Å². The molecule has 0 radical (unpaired) electrons. The molecule has 4 aromatic rings. The molecule has 1 N–H and O–H groups in total. The molecule has 1 atom stereocenters. The largest absolute Gasteiger partial charge is 0.293 e. The molecule has 6 heteroatoms. The van der Waals surface area contributed by atoms with E-state index in [1.165, 1.54) is 22.9 Å². The minimum Gasteiger partial charge on any atom is -0.293 e. The summed E-state index contributed by atoms with van der Waals surface area (Å²) in [7, 11) is 2.11. The second kappa shape index (κ2) is 7.29. The lowest BCUT2D eigenvalue weighted by atomic mass is 10.0. The standard InChI is InChI=1S/C23H23N5O/c1-27(21(17-12-13-17)16-8-4-2-5-9-16)15-19-14-20(29)28-23(24-19)25-22(26-28)18-10-6-3-7-11-18/h2-11,14,17,21H,12-13,15H2,1H3,(H,24,25,26). The number of aromatic nitrogens is 4. The van der Waals surface area contributed by atoms with Crippen LogP contribution in [0.1, 0.15) is 30.1 Å². The van der Waals surface area contributed by atoms with Crippen LogP contribution in [0.15, 0.2) is 71.5 Å². The Morgan fingerprint density at radius 2 is 1.76 bits per heavy atom. The number of rotatable bonds is 6. The van der Waals surface area contributed by atoms with E-state index < -0.39 is 0 Å². The molecule has 146 valence electrons. The van der Waals surface area contributed by atoms with Crippen LogP contribution in [-0.2, 0) is 6.54 Å². The molecule has 1 aliphatic carbocycles. The van der Waals surface area contributed by atoms with Gasteiger partial charge in [0.1, 0.15) is 0 Å². The molecule has 0 spiro atoms. The Bertz CT molecular complexity index is 1180. The Morgan fingerprint density at radius 1 is 1.07 bits per heavy atom. The van der Waals surface area contributed by atoms with Crippen LogP contribution in [0.3, 0.4) is 0 Å². The molecule has 0 amide bonds. The first-order valence-corrected chi connectivity index (χ1v) is 9.98. The summed E-state index contributed by atoms with van der Waals surface area (Å²) in [5.41, 5.74) is 2.84. The van der Waals surface area contributed by atoms with Crippen molar-refractivity contribution in [1.82, 2.24) is 24.5 Å². The maximum Gasteiger partial charge on any atom is 0.274 e. The highest BCUT2D eigenvalue weighted by Crippen LogP contribution is 2.44. The second-order valence-electron chi connectivity index (χ2n) is 7.77. The van der Waals surface area contributed by atoms with Crippen LogP contribution in [0.25, 0.3) is 17.2 Å². The van der Waals surface area contributed by atoms with E-state index in [2.05, 4.69) is 51.3 Å². The molecule has 1 aliphatic rings. The van der Waals surface area contributed by atoms with Gasteiger partial charge in [0.25, 0.3) is 11.3 Å². The zero-order chi connectivity index (χ0) is 19.8. The lowest BCUT2D eigenvalue weighted by molar-refractivity contribution is 0.210. The predicted molar refractivity (Wildman–Crippen MR) is 112 cm³/mol. The zero-order valence-electron chi connectivity index (χ0n) is 16.3. The number of aromatic amines is 1. The molecule has 1 saturated carbocycles. The van der Waals surface area contributed by atoms with Crippen molar-refractivity contribution in [2.75, 3.05) is 7.05 Å². The lowest BCUT2D eigenvalue weighted by Crippen LogP contribution is -2.27. The molecular formula is C23H23N5O. The Morgan fingerprint density at radius 3 is 2.45 bits per heavy atom. The Balaban J connectivity index is 1.45. The monoisotopic (exact) mass is 385 g/mol. The fraction of sp³-hybridized carbons (Fsp3) is 0.261. The van der Waals surface area contributed by atoms with Gasteiger partial charge in [0.05, 0.1) is 5.69 Å². The van der Waals surface area contributed by atoms with E-state index in [1.807, 2.05) is 36.4 Å². The van der Waals surface area contributed by atoms with Crippen LogP contribution in [0.5, 0.6) is 0 Å². The molecule has 5 rings (SSSR count). The maximum atomic E-state index is 12.6. The van der Waals surface area contributed by atoms with Crippen molar-refractivity contribution in [3.63, 3.8) is 0 Å². The highest BCUT2D eigenvalue weighted by Gasteiger charge is 2.35. The minimum atomic E-state index is -0.143. The van der Waals surface area contributed by atoms with E-state index in [1.54, 1.807) is 6.07 Å². The highest BCUT2D eigenvalue weighted by molar-refractivity contribution is 5.56. The SMILES string of the molecule is CN(Cc1cc(=O)n2[nH]c(-c3ccccc3)nc2n1)C(c1ccccc1)C1CC1. The smallest absolute Gasteiger partial charge is 0.274 e. The summed E-state index contributed by atoms with van der Waals surface area (Å²) in [5.74, 6) is 1.71. The summed E-state index contributed by atoms with van der Waals surface area (Å²) in [5, 5.41) is 3.05. The van der Waals surface area contributed by atoms with Crippen LogP contribution < -0.4 is 5.56 Å². The van der Waals surface area contributed by atoms with Gasteiger partial charge in [0, 0.05) is 24.2 Å². The van der Waals surface area contributed by atoms with Crippen molar-refractivity contribution < 1.29 is 0 Å². The zero-order valence-corrected chi connectivity index (χ0v) is 16.3. The Labute approximate surface area is 168 Å². The van der Waals surface area contributed by atoms with Gasteiger partial charge in [-0.1, -0.05) is 60.7 Å². The van der Waals surface area contributed by atoms with Gasteiger partial charge < -0.3 is 0 Å². The van der Waals surface area contributed by atoms with E-state index in [4.69, 9.17) is 0 Å². The molecular weight excluding hydrogens is 362 g/mol. The third kappa shape index (κ3) is 3.59. The molecule has 2 aromatic carbocycles. The lowest BCUT2D eigenvalue weighted by Gasteiger charge is -2.28. The van der Waals surface area contributed by atoms with Crippen molar-refractivity contribution in [2.45, 2.75) is 25.4 Å². The molecule has 1 unspecified atom stereocenters. The summed E-state index contributed by atoms with van der Waals surface area (Å²) in [6.07, 6.45) is 2.50. The van der Waals surface area contributed by atoms with Crippen molar-refractivity contribution in [3.05, 3.63) is 88.3 Å². The molecule has 1 fully saturated rings. The Hall–Kier alpha value is -3.25. The number of hydrogen-bond donors (Lipinski definition) is 1. The number of fused-ring (bicyclic) bond motifs is 1. The van der Waals surface area contributed by atoms with Crippen molar-refractivity contribution >= 4 is 5.78 Å². The van der Waals surface area contributed by atoms with E-state index in [0.717, 1.165) is 11.3 Å². The van der Waals surface area contributed by atoms with E-state index >= 15 is 0 Å². The summed E-state index contributed by atoms with van der Waals surface area (Å²) < 4.78 is 1.40. The van der Waals surface area contributed by atoms with Gasteiger partial charge in [-0.15, -0.1) is 0 Å². The predicted octanol–water partition coefficient (Wildman–Crippen LogP) is 3.67. The average Bonchev–Trinajstić information content (AvgIpc) is 3.46. The van der Waals surface area contributed by atoms with Crippen LogP contribution in [0.4, 0.5) is 0 Å². The summed E-state index contributed by atoms with van der Waals surface area (Å²) in [4.78, 5) is 24.1. The third-order valence-electron chi connectivity index (χ3n) is 5.53. The first-order chi connectivity index (χ1) is 14.2. The van der Waals surface area contributed by atoms with Crippen molar-refractivity contribution in [2.24, 2.45) is 5.92 Å². The number of nitrogens with one attached hydrogen (secondary N) is 1. The molecule has 2 aromatic heterocycles. The second-order valence-corrected chi connectivity index (χ2v) is 7.77. The number of H-pyrrole nitrogens is 1. The minimum absolute atomic E-state index is 0.143. The maximum absolute atomic E-state index is 12.6. The molecule has 0 aliphatic heterocycles. The fourth-order valence-corrected chi connectivity index (χ4v) is 4.04. The first-order valence-electron chi connectivity index (χ1n) is 9.98. The molecule has 0 saturated heterocycles. The molecule has 0 bridgehead atoms. The topological polar surface area (TPSA) is 66.3 Å². The van der Waals surface area contributed by atoms with Crippen molar-refractivity contribution in [3.8, 4) is 11.4 Å². The van der Waals surface area contributed by atoms with Gasteiger partial charge in [-0.3, -0.25) is 14.8 Å². The van der Waals surface area contributed by atoms with E-state index in [0.29, 0.717) is 30.1 Å². The highest BCUT2D eigenvalue weighted by atomic mass is 16.1. The van der Waals surface area contributed by atoms with Crippen LogP contribution >= 0.6 is 0 Å². The number of hydrogen-bond acceptors (Lipinski definition) is 4. The summed E-state index contributed by atoms with van der Waals surface area (Å²) >= 11 is 0. The van der Waals surface area contributed by atoms with Crippen LogP contribution in [0.2, 0.25) is 0 Å². The number of nitrogens with zero attached hydrogens (tertiary/aromatic N) is 4.